The number of hydrogen-bond donors (Lipinski definition) is 2. The second kappa shape index (κ2) is 9.48. The Kier molecular flexibility index (Phi) is 6.32. The average Bonchev–Trinajstić information content (AvgIpc) is 2.81. The van der Waals surface area contributed by atoms with Gasteiger partial charge in [0.15, 0.2) is 0 Å². The summed E-state index contributed by atoms with van der Waals surface area (Å²) in [7, 11) is 3.22. The third kappa shape index (κ3) is 5.13. The van der Waals surface area contributed by atoms with Gasteiger partial charge in [0.05, 0.1) is 33.1 Å². The second-order valence-corrected chi connectivity index (χ2v) is 7.06. The fourth-order valence-electron chi connectivity index (χ4n) is 3.17. The van der Waals surface area contributed by atoms with Crippen LogP contribution in [0.1, 0.15) is 5.56 Å². The SMILES string of the molecule is COc1ccc(Nc2nc(Nc3ccc(C)cc3)nc(N3CCOCC3)n2)c(OC)c1. The largest absolute Gasteiger partial charge is 0.497 e. The highest BCUT2D eigenvalue weighted by Gasteiger charge is 2.17. The van der Waals surface area contributed by atoms with Gasteiger partial charge >= 0.3 is 0 Å². The molecule has 0 unspecified atom stereocenters. The Labute approximate surface area is 181 Å². The maximum atomic E-state index is 5.49. The van der Waals surface area contributed by atoms with E-state index in [4.69, 9.17) is 14.2 Å². The van der Waals surface area contributed by atoms with Gasteiger partial charge in [0.2, 0.25) is 17.8 Å². The predicted molar refractivity (Wildman–Crippen MR) is 120 cm³/mol. The zero-order valence-corrected chi connectivity index (χ0v) is 17.9. The van der Waals surface area contributed by atoms with Gasteiger partial charge in [-0.05, 0) is 31.2 Å². The highest BCUT2D eigenvalue weighted by Crippen LogP contribution is 2.31. The van der Waals surface area contributed by atoms with Crippen LogP contribution in [0.25, 0.3) is 0 Å². The molecule has 0 saturated carbocycles. The van der Waals surface area contributed by atoms with E-state index in [1.165, 1.54) is 5.56 Å². The Hall–Kier alpha value is -3.59. The van der Waals surface area contributed by atoms with Crippen molar-refractivity contribution in [3.63, 3.8) is 0 Å². The molecule has 31 heavy (non-hydrogen) atoms. The number of nitrogens with zero attached hydrogens (tertiary/aromatic N) is 4. The normalized spacial score (nSPS) is 13.6. The number of methoxy groups -OCH3 is 2. The summed E-state index contributed by atoms with van der Waals surface area (Å²) < 4.78 is 16.2. The van der Waals surface area contributed by atoms with Crippen molar-refractivity contribution in [2.45, 2.75) is 6.92 Å². The Balaban J connectivity index is 1.66. The van der Waals surface area contributed by atoms with Crippen LogP contribution in [0.4, 0.5) is 29.2 Å². The first-order valence-corrected chi connectivity index (χ1v) is 10.1. The summed E-state index contributed by atoms with van der Waals surface area (Å²) in [5.74, 6) is 2.78. The van der Waals surface area contributed by atoms with Crippen molar-refractivity contribution in [1.29, 1.82) is 0 Å². The molecule has 2 N–H and O–H groups in total. The van der Waals surface area contributed by atoms with Crippen molar-refractivity contribution in [3.8, 4) is 11.5 Å². The summed E-state index contributed by atoms with van der Waals surface area (Å²) in [4.78, 5) is 15.9. The van der Waals surface area contributed by atoms with Crippen LogP contribution in [0.5, 0.6) is 11.5 Å². The van der Waals surface area contributed by atoms with E-state index < -0.39 is 0 Å². The summed E-state index contributed by atoms with van der Waals surface area (Å²) >= 11 is 0. The van der Waals surface area contributed by atoms with Gasteiger partial charge in [-0.15, -0.1) is 0 Å². The Morgan fingerprint density at radius 3 is 2.26 bits per heavy atom. The fourth-order valence-corrected chi connectivity index (χ4v) is 3.17. The molecule has 0 spiro atoms. The first-order chi connectivity index (χ1) is 15.1. The van der Waals surface area contributed by atoms with Crippen LogP contribution in [0.3, 0.4) is 0 Å². The smallest absolute Gasteiger partial charge is 0.233 e. The number of morpholine rings is 1. The molecule has 162 valence electrons. The highest BCUT2D eigenvalue weighted by molar-refractivity contribution is 5.66. The van der Waals surface area contributed by atoms with Crippen molar-refractivity contribution in [2.75, 3.05) is 56.1 Å². The molecule has 0 radical (unpaired) electrons. The summed E-state index contributed by atoms with van der Waals surface area (Å²) in [6.45, 7) is 4.77. The lowest BCUT2D eigenvalue weighted by Gasteiger charge is -2.27. The van der Waals surface area contributed by atoms with Crippen LogP contribution in [-0.4, -0.2) is 55.5 Å². The highest BCUT2D eigenvalue weighted by atomic mass is 16.5. The van der Waals surface area contributed by atoms with Crippen molar-refractivity contribution in [1.82, 2.24) is 15.0 Å². The van der Waals surface area contributed by atoms with Crippen LogP contribution >= 0.6 is 0 Å². The van der Waals surface area contributed by atoms with Crippen LogP contribution < -0.4 is 25.0 Å². The van der Waals surface area contributed by atoms with Gasteiger partial charge < -0.3 is 29.7 Å². The topological polar surface area (TPSA) is 93.7 Å². The lowest BCUT2D eigenvalue weighted by Crippen LogP contribution is -2.37. The molecule has 0 amide bonds. The van der Waals surface area contributed by atoms with E-state index in [0.29, 0.717) is 42.6 Å². The minimum atomic E-state index is 0.412. The van der Waals surface area contributed by atoms with Gasteiger partial charge in [-0.1, -0.05) is 17.7 Å². The monoisotopic (exact) mass is 422 g/mol. The summed E-state index contributed by atoms with van der Waals surface area (Å²) in [5, 5.41) is 6.52. The number of rotatable bonds is 7. The fraction of sp³-hybridized carbons (Fsp3) is 0.318. The number of hydrogen-bond acceptors (Lipinski definition) is 9. The van der Waals surface area contributed by atoms with Crippen LogP contribution in [-0.2, 0) is 4.74 Å². The molecule has 2 heterocycles. The van der Waals surface area contributed by atoms with E-state index in [9.17, 15) is 0 Å². The van der Waals surface area contributed by atoms with Crippen LogP contribution in [0, 0.1) is 6.92 Å². The Morgan fingerprint density at radius 2 is 1.58 bits per heavy atom. The maximum Gasteiger partial charge on any atom is 0.233 e. The summed E-state index contributed by atoms with van der Waals surface area (Å²) in [6, 6.07) is 13.6. The van der Waals surface area contributed by atoms with E-state index >= 15 is 0 Å². The van der Waals surface area contributed by atoms with E-state index in [-0.39, 0.29) is 0 Å². The summed E-state index contributed by atoms with van der Waals surface area (Å²) in [6.07, 6.45) is 0. The molecule has 4 rings (SSSR count). The minimum absolute atomic E-state index is 0.412. The third-order valence-corrected chi connectivity index (χ3v) is 4.88. The van der Waals surface area contributed by atoms with Gasteiger partial charge in [0, 0.05) is 24.8 Å². The van der Waals surface area contributed by atoms with Crippen molar-refractivity contribution in [2.24, 2.45) is 0 Å². The zero-order chi connectivity index (χ0) is 21.6. The molecule has 2 aromatic carbocycles. The van der Waals surface area contributed by atoms with E-state index in [0.717, 1.165) is 24.5 Å². The molecule has 1 fully saturated rings. The average molecular weight is 422 g/mol. The molecule has 3 aromatic rings. The van der Waals surface area contributed by atoms with E-state index in [1.54, 1.807) is 20.3 Å². The summed E-state index contributed by atoms with van der Waals surface area (Å²) in [5.41, 5.74) is 2.81. The third-order valence-electron chi connectivity index (χ3n) is 4.88. The molecule has 9 heteroatoms. The molecular weight excluding hydrogens is 396 g/mol. The molecule has 1 aliphatic heterocycles. The standard InChI is InChI=1S/C22H26N6O3/c1-15-4-6-16(7-5-15)23-20-25-21(27-22(26-20)28-10-12-31-13-11-28)24-18-9-8-17(29-2)14-19(18)30-3/h4-9,14H,10-13H2,1-3H3,(H2,23,24,25,26,27). The molecule has 1 saturated heterocycles. The Bertz CT molecular complexity index is 1020. The number of aryl methyl sites for hydroxylation is 1. The van der Waals surface area contributed by atoms with Gasteiger partial charge in [-0.25, -0.2) is 0 Å². The molecular formula is C22H26N6O3. The van der Waals surface area contributed by atoms with Gasteiger partial charge in [0.1, 0.15) is 11.5 Å². The van der Waals surface area contributed by atoms with E-state index in [2.05, 4.69) is 30.5 Å². The van der Waals surface area contributed by atoms with E-state index in [1.807, 2.05) is 43.3 Å². The van der Waals surface area contributed by atoms with Crippen molar-refractivity contribution in [3.05, 3.63) is 48.0 Å². The predicted octanol–water partition coefficient (Wildman–Crippen LogP) is 3.52. The van der Waals surface area contributed by atoms with Crippen LogP contribution in [0.15, 0.2) is 42.5 Å². The molecule has 1 aliphatic rings. The second-order valence-electron chi connectivity index (χ2n) is 7.06. The molecule has 1 aromatic heterocycles. The number of ether oxygens (including phenoxy) is 3. The Morgan fingerprint density at radius 1 is 0.871 bits per heavy atom. The number of nitrogens with one attached hydrogen (secondary N) is 2. The maximum absolute atomic E-state index is 5.49. The minimum Gasteiger partial charge on any atom is -0.497 e. The lowest BCUT2D eigenvalue weighted by molar-refractivity contribution is 0.122. The molecule has 0 atom stereocenters. The lowest BCUT2D eigenvalue weighted by atomic mass is 10.2. The molecule has 0 bridgehead atoms. The number of anilines is 5. The molecule has 9 nitrogen and oxygen atoms in total. The first kappa shape index (κ1) is 20.7. The van der Waals surface area contributed by atoms with Gasteiger partial charge in [-0.2, -0.15) is 15.0 Å². The van der Waals surface area contributed by atoms with Gasteiger partial charge in [-0.3, -0.25) is 0 Å². The zero-order valence-electron chi connectivity index (χ0n) is 17.9. The number of aromatic nitrogens is 3. The quantitative estimate of drug-likeness (QED) is 0.593. The van der Waals surface area contributed by atoms with Crippen molar-refractivity contribution < 1.29 is 14.2 Å². The van der Waals surface area contributed by atoms with Crippen LogP contribution in [0.2, 0.25) is 0 Å². The molecule has 0 aliphatic carbocycles. The van der Waals surface area contributed by atoms with Crippen molar-refractivity contribution >= 4 is 29.2 Å². The van der Waals surface area contributed by atoms with Gasteiger partial charge in [0.25, 0.3) is 0 Å². The number of benzene rings is 2. The first-order valence-electron chi connectivity index (χ1n) is 10.1.